The minimum absolute atomic E-state index is 0.0421. The van der Waals surface area contributed by atoms with E-state index in [2.05, 4.69) is 19.7 Å². The van der Waals surface area contributed by atoms with E-state index in [9.17, 15) is 9.67 Å². The van der Waals surface area contributed by atoms with Crippen molar-refractivity contribution in [2.75, 3.05) is 7.05 Å². The monoisotopic (exact) mass is 540 g/mol. The molecule has 0 spiro atoms. The van der Waals surface area contributed by atoms with Crippen molar-refractivity contribution in [1.82, 2.24) is 4.78 Å². The number of rotatable bonds is 13. The van der Waals surface area contributed by atoms with Crippen molar-refractivity contribution in [3.05, 3.63) is 70.1 Å². The summed E-state index contributed by atoms with van der Waals surface area (Å²) in [5, 5.41) is 17.7. The number of aliphatic hydroxyl groups excluding tert-OH is 1. The quantitative estimate of drug-likeness (QED) is 0.0428. The molecular formula is C21H28N5O6P2S+. The normalized spacial score (nSPS) is 15.9. The summed E-state index contributed by atoms with van der Waals surface area (Å²) in [7, 11) is -2.03. The molecule has 2 aromatic rings. The van der Waals surface area contributed by atoms with Gasteiger partial charge in [0.1, 0.15) is 17.6 Å². The van der Waals surface area contributed by atoms with Gasteiger partial charge in [-0.2, -0.15) is 5.10 Å². The fraction of sp³-hybridized carbons (Fsp3) is 0.381. The third-order valence-electron chi connectivity index (χ3n) is 4.79. The number of aliphatic hydroxyl groups is 1. The summed E-state index contributed by atoms with van der Waals surface area (Å²) >= 11 is 4.76. The second-order valence-corrected chi connectivity index (χ2v) is 11.3. The van der Waals surface area contributed by atoms with E-state index in [4.69, 9.17) is 32.1 Å². The summed E-state index contributed by atoms with van der Waals surface area (Å²) in [5.41, 5.74) is 9.69. The third-order valence-corrected chi connectivity index (χ3v) is 8.89. The number of ether oxygens (including phenoxy) is 2. The zero-order valence-corrected chi connectivity index (χ0v) is 22.3. The van der Waals surface area contributed by atoms with E-state index in [-0.39, 0.29) is 11.8 Å². The number of hydrogen-bond acceptors (Lipinski definition) is 9. The van der Waals surface area contributed by atoms with Gasteiger partial charge in [-0.1, -0.05) is 28.7 Å². The van der Waals surface area contributed by atoms with Crippen molar-refractivity contribution in [2.24, 2.45) is 10.2 Å². The van der Waals surface area contributed by atoms with Gasteiger partial charge in [-0.05, 0) is 61.3 Å². The van der Waals surface area contributed by atoms with Crippen molar-refractivity contribution >= 4 is 34.0 Å². The minimum atomic E-state index is -2.91. The molecule has 5 unspecified atom stereocenters. The van der Waals surface area contributed by atoms with E-state index in [1.54, 1.807) is 54.3 Å². The summed E-state index contributed by atoms with van der Waals surface area (Å²) in [6, 6.07) is 13.7. The maximum absolute atomic E-state index is 10.7. The Morgan fingerprint density at radius 1 is 1.11 bits per heavy atom. The first-order valence-corrected chi connectivity index (χ1v) is 14.1. The van der Waals surface area contributed by atoms with Gasteiger partial charge in [0, 0.05) is 27.7 Å². The summed E-state index contributed by atoms with van der Waals surface area (Å²) in [5.74, 6) is 1.17. The molecule has 6 atom stereocenters. The Morgan fingerprint density at radius 3 is 2.26 bits per heavy atom. The maximum Gasteiger partial charge on any atom is 0.697 e. The van der Waals surface area contributed by atoms with Crippen LogP contribution in [0.2, 0.25) is 0 Å². The van der Waals surface area contributed by atoms with Crippen molar-refractivity contribution in [3.8, 4) is 11.5 Å². The van der Waals surface area contributed by atoms with Crippen LogP contribution >= 0.6 is 27.8 Å². The third kappa shape index (κ3) is 9.63. The lowest BCUT2D eigenvalue weighted by Gasteiger charge is -2.30. The average molecular weight is 540 g/mol. The van der Waals surface area contributed by atoms with E-state index < -0.39 is 28.0 Å². The number of hydrogen-bond donors (Lipinski definition) is 3. The first-order chi connectivity index (χ1) is 16.6. The minimum Gasteiger partial charge on any atom is -0.490 e. The predicted molar refractivity (Wildman–Crippen MR) is 139 cm³/mol. The van der Waals surface area contributed by atoms with Gasteiger partial charge in [-0.15, -0.1) is 17.1 Å². The highest BCUT2D eigenvalue weighted by Gasteiger charge is 2.25. The number of hydrazone groups is 1. The summed E-state index contributed by atoms with van der Waals surface area (Å²) in [6.07, 6.45) is -0.557. The second kappa shape index (κ2) is 14.2. The molecule has 0 saturated heterocycles. The summed E-state index contributed by atoms with van der Waals surface area (Å²) in [4.78, 5) is 11.5. The molecular weight excluding hydrogens is 512 g/mol. The molecule has 14 heteroatoms. The topological polar surface area (TPSA) is 150 Å². The Morgan fingerprint density at radius 2 is 1.69 bits per heavy atom. The zero-order valence-electron chi connectivity index (χ0n) is 19.6. The second-order valence-electron chi connectivity index (χ2n) is 7.37. The molecule has 0 aliphatic rings. The highest BCUT2D eigenvalue weighted by atomic mass is 32.7. The standard InChI is InChI=1S/C21H27N5O6P2S/c1-14(30-19-11-7-18(8-12-19)21(27)32-34(28)29)15(2)33(35)26(4)23-13-17-5-9-20(10-6-17)31-16(3)24-25-22/h5-16,21,27,35H,1-4H3/p+1/b23-13+/t14-,15?,16?,21?,33?/m1/s1. The van der Waals surface area contributed by atoms with Gasteiger partial charge in [0.15, 0.2) is 6.23 Å². The maximum atomic E-state index is 10.7. The van der Waals surface area contributed by atoms with Crippen LogP contribution in [-0.4, -0.2) is 46.0 Å². The molecule has 0 radical (unpaired) electrons. The van der Waals surface area contributed by atoms with Crippen molar-refractivity contribution in [2.45, 2.75) is 45.1 Å². The van der Waals surface area contributed by atoms with Crippen molar-refractivity contribution in [1.29, 1.82) is 0 Å². The molecule has 2 N–H and O–H groups in total. The van der Waals surface area contributed by atoms with E-state index in [0.717, 1.165) is 5.56 Å². The van der Waals surface area contributed by atoms with Crippen LogP contribution in [0.25, 0.3) is 10.4 Å². The lowest BCUT2D eigenvalue weighted by molar-refractivity contribution is -0.0207. The first kappa shape index (κ1) is 28.8. The molecule has 2 rings (SSSR count). The van der Waals surface area contributed by atoms with Crippen LogP contribution in [0.3, 0.4) is 0 Å². The number of benzene rings is 2. The lowest BCUT2D eigenvalue weighted by atomic mass is 10.2. The Balaban J connectivity index is 1.91. The number of azide groups is 1. The van der Waals surface area contributed by atoms with E-state index in [1.165, 1.54) is 0 Å². The van der Waals surface area contributed by atoms with Gasteiger partial charge in [0.2, 0.25) is 6.29 Å². The van der Waals surface area contributed by atoms with Crippen LogP contribution in [0.5, 0.6) is 11.5 Å². The van der Waals surface area contributed by atoms with E-state index >= 15 is 0 Å². The SMILES string of the molecule is CC(N=[N+]=[N-])Oc1ccc(/C=N/N(C)P(S)C(C)[C@@H](C)Oc2ccc(C(O)O[P+](=O)O)cc2)cc1. The van der Waals surface area contributed by atoms with Crippen molar-refractivity contribution in [3.63, 3.8) is 0 Å². The van der Waals surface area contributed by atoms with Gasteiger partial charge >= 0.3 is 8.25 Å². The van der Waals surface area contributed by atoms with Crippen LogP contribution in [0.1, 0.15) is 38.2 Å². The van der Waals surface area contributed by atoms with Gasteiger partial charge in [-0.25, -0.2) is 0 Å². The van der Waals surface area contributed by atoms with Crippen LogP contribution in [0.15, 0.2) is 58.7 Å². The Labute approximate surface area is 211 Å². The van der Waals surface area contributed by atoms with Crippen LogP contribution in [0, 0.1) is 0 Å². The number of nitrogens with zero attached hydrogens (tertiary/aromatic N) is 5. The van der Waals surface area contributed by atoms with E-state index in [1.807, 2.05) is 33.0 Å². The number of thiol groups is 1. The highest BCUT2D eigenvalue weighted by Crippen LogP contribution is 2.50. The van der Waals surface area contributed by atoms with Gasteiger partial charge in [0.05, 0.1) is 13.5 Å². The molecule has 0 fully saturated rings. The Kier molecular flexibility index (Phi) is 11.7. The molecule has 0 bridgehead atoms. The Bertz CT molecular complexity index is 1040. The average Bonchev–Trinajstić information content (AvgIpc) is 2.82. The molecule has 0 aromatic heterocycles. The fourth-order valence-electron chi connectivity index (χ4n) is 2.75. The lowest BCUT2D eigenvalue weighted by Crippen LogP contribution is -2.27. The zero-order chi connectivity index (χ0) is 26.0. The molecule has 188 valence electrons. The molecule has 11 nitrogen and oxygen atoms in total. The Hall–Kier alpha value is -2.42. The molecule has 0 saturated carbocycles. The van der Waals surface area contributed by atoms with Gasteiger partial charge in [-0.3, -0.25) is 4.78 Å². The largest absolute Gasteiger partial charge is 0.697 e. The molecule has 0 heterocycles. The fourth-order valence-corrected chi connectivity index (χ4v) is 4.87. The van der Waals surface area contributed by atoms with Crippen molar-refractivity contribution < 1.29 is 28.6 Å². The molecule has 2 aromatic carbocycles. The van der Waals surface area contributed by atoms with Crippen LogP contribution in [-0.2, 0) is 9.09 Å². The molecule has 0 aliphatic carbocycles. The van der Waals surface area contributed by atoms with Gasteiger partial charge < -0.3 is 14.6 Å². The predicted octanol–water partition coefficient (Wildman–Crippen LogP) is 5.74. The molecule has 35 heavy (non-hydrogen) atoms. The first-order valence-electron chi connectivity index (χ1n) is 10.4. The summed E-state index contributed by atoms with van der Waals surface area (Å²) in [6.45, 7) is 5.62. The highest BCUT2D eigenvalue weighted by molar-refractivity contribution is 8.44. The smallest absolute Gasteiger partial charge is 0.490 e. The van der Waals surface area contributed by atoms with Gasteiger partial charge in [0.25, 0.3) is 0 Å². The van der Waals surface area contributed by atoms with Crippen LogP contribution < -0.4 is 9.47 Å². The summed E-state index contributed by atoms with van der Waals surface area (Å²) < 4.78 is 28.4. The molecule has 0 amide bonds. The van der Waals surface area contributed by atoms with E-state index in [0.29, 0.717) is 17.1 Å². The molecule has 0 aliphatic heterocycles. The van der Waals surface area contributed by atoms with Crippen LogP contribution in [0.4, 0.5) is 0 Å².